The lowest BCUT2D eigenvalue weighted by Crippen LogP contribution is -2.02. The lowest BCUT2D eigenvalue weighted by molar-refractivity contribution is 1.02. The molecule has 6 aromatic carbocycles. The van der Waals surface area contributed by atoms with Crippen molar-refractivity contribution in [3.63, 3.8) is 0 Å². The van der Waals surface area contributed by atoms with Gasteiger partial charge in [-0.05, 0) is 135 Å². The smallest absolute Gasteiger partial charge is 0.0534 e. The summed E-state index contributed by atoms with van der Waals surface area (Å²) in [6.45, 7) is 26.6. The number of aromatic nitrogens is 1. The van der Waals surface area contributed by atoms with Crippen molar-refractivity contribution in [2.24, 2.45) is 0 Å². The number of hydrogen-bond acceptors (Lipinski definition) is 1. The summed E-state index contributed by atoms with van der Waals surface area (Å²) in [4.78, 5) is 0. The van der Waals surface area contributed by atoms with Gasteiger partial charge in [0, 0.05) is 33.9 Å². The van der Waals surface area contributed by atoms with Crippen LogP contribution in [0.25, 0.3) is 52.2 Å². The van der Waals surface area contributed by atoms with Gasteiger partial charge < -0.3 is 9.88 Å². The monoisotopic (exact) mass is 881 g/mol. The maximum absolute atomic E-state index is 3.89. The van der Waals surface area contributed by atoms with E-state index in [0.29, 0.717) is 0 Å². The highest BCUT2D eigenvalue weighted by atomic mass is 15.0. The molecule has 2 nitrogen and oxygen atoms in total. The largest absolute Gasteiger partial charge is 0.355 e. The normalized spacial score (nSPS) is 11.2. The molecule has 1 aliphatic rings. The second kappa shape index (κ2) is 28.5. The van der Waals surface area contributed by atoms with E-state index in [4.69, 9.17) is 0 Å². The number of benzene rings is 6. The minimum Gasteiger partial charge on any atom is -0.355 e. The molecular weight excluding hydrogens is 809 g/mol. The molecule has 0 saturated heterocycles. The third-order valence-electron chi connectivity index (χ3n) is 11.1. The number of hydrogen-bond donors (Lipinski definition) is 1. The molecule has 7 aromatic rings. The highest BCUT2D eigenvalue weighted by molar-refractivity contribution is 5.86. The van der Waals surface area contributed by atoms with Gasteiger partial charge in [-0.2, -0.15) is 0 Å². The van der Waals surface area contributed by atoms with E-state index >= 15 is 0 Å². The first-order valence-electron chi connectivity index (χ1n) is 23.7. The first-order chi connectivity index (χ1) is 32.8. The van der Waals surface area contributed by atoms with Crippen LogP contribution in [0.15, 0.2) is 208 Å². The van der Waals surface area contributed by atoms with Crippen LogP contribution < -0.4 is 5.32 Å². The molecule has 0 bridgehead atoms. The first kappa shape index (κ1) is 52.2. The summed E-state index contributed by atoms with van der Waals surface area (Å²) in [5, 5.41) is 3.89. The zero-order chi connectivity index (χ0) is 48.4. The summed E-state index contributed by atoms with van der Waals surface area (Å²) in [6.07, 6.45) is 26.4. The Morgan fingerprint density at radius 2 is 1.28 bits per heavy atom. The SMILES string of the molecule is C/C=C\C.C=C.C=C/C=C/c1cc(C)cc(-n2c3c(c(CC)c2/C=C\Cc2cccc(-c4ccccc4C)c2Nc2cccc(-c4ccccc4)c2)C=CCC=C3)c1.CC.Cc1ccccc1. The Morgan fingerprint density at radius 3 is 1.94 bits per heavy atom. The molecule has 0 aliphatic heterocycles. The van der Waals surface area contributed by atoms with Crippen molar-refractivity contribution in [3.05, 3.63) is 258 Å². The van der Waals surface area contributed by atoms with Gasteiger partial charge >= 0.3 is 0 Å². The van der Waals surface area contributed by atoms with Crippen LogP contribution in [0.1, 0.15) is 91.4 Å². The van der Waals surface area contributed by atoms with Crippen molar-refractivity contribution in [1.82, 2.24) is 4.57 Å². The Kier molecular flexibility index (Phi) is 22.2. The Balaban J connectivity index is 0.000000569. The van der Waals surface area contributed by atoms with Crippen molar-refractivity contribution >= 4 is 35.7 Å². The number of nitrogens with zero attached hydrogens (tertiary/aromatic N) is 1. The lowest BCUT2D eigenvalue weighted by atomic mass is 9.95. The van der Waals surface area contributed by atoms with E-state index in [9.17, 15) is 0 Å². The topological polar surface area (TPSA) is 17.0 Å². The molecule has 1 aromatic heterocycles. The summed E-state index contributed by atoms with van der Waals surface area (Å²) in [6, 6.07) is 51.7. The lowest BCUT2D eigenvalue weighted by Gasteiger charge is -2.18. The van der Waals surface area contributed by atoms with E-state index in [-0.39, 0.29) is 0 Å². The number of aryl methyl sites for hydroxylation is 3. The summed E-state index contributed by atoms with van der Waals surface area (Å²) in [7, 11) is 0. The van der Waals surface area contributed by atoms with E-state index in [0.717, 1.165) is 30.6 Å². The number of para-hydroxylation sites is 1. The second-order valence-corrected chi connectivity index (χ2v) is 15.7. The highest BCUT2D eigenvalue weighted by Gasteiger charge is 2.20. The van der Waals surface area contributed by atoms with Crippen LogP contribution in [0.5, 0.6) is 0 Å². The van der Waals surface area contributed by atoms with Crippen molar-refractivity contribution in [2.75, 3.05) is 5.32 Å². The van der Waals surface area contributed by atoms with Crippen LogP contribution in [0.3, 0.4) is 0 Å². The molecule has 0 spiro atoms. The number of fused-ring (bicyclic) bond motifs is 1. The molecule has 2 heteroatoms. The quantitative estimate of drug-likeness (QED) is 0.101. The molecule has 1 N–H and O–H groups in total. The zero-order valence-corrected chi connectivity index (χ0v) is 41.4. The van der Waals surface area contributed by atoms with Gasteiger partial charge in [-0.1, -0.05) is 209 Å². The second-order valence-electron chi connectivity index (χ2n) is 15.7. The number of anilines is 2. The summed E-state index contributed by atoms with van der Waals surface area (Å²) < 4.78 is 2.45. The van der Waals surface area contributed by atoms with Gasteiger partial charge in [-0.25, -0.2) is 0 Å². The maximum Gasteiger partial charge on any atom is 0.0534 e. The molecule has 0 unspecified atom stereocenters. The highest BCUT2D eigenvalue weighted by Crippen LogP contribution is 2.38. The van der Waals surface area contributed by atoms with Crippen molar-refractivity contribution in [2.45, 2.75) is 74.7 Å². The molecule has 1 heterocycles. The predicted octanol–water partition coefficient (Wildman–Crippen LogP) is 19.0. The summed E-state index contributed by atoms with van der Waals surface area (Å²) >= 11 is 0. The Morgan fingerprint density at radius 1 is 0.642 bits per heavy atom. The van der Waals surface area contributed by atoms with E-state index in [2.05, 4.69) is 227 Å². The maximum atomic E-state index is 3.89. The van der Waals surface area contributed by atoms with Crippen molar-refractivity contribution in [3.8, 4) is 27.9 Å². The van der Waals surface area contributed by atoms with Gasteiger partial charge in [-0.15, -0.1) is 13.2 Å². The van der Waals surface area contributed by atoms with Crippen molar-refractivity contribution < 1.29 is 0 Å². The van der Waals surface area contributed by atoms with Gasteiger partial charge in [-0.3, -0.25) is 0 Å². The zero-order valence-electron chi connectivity index (χ0n) is 41.4. The average molecular weight is 881 g/mol. The van der Waals surface area contributed by atoms with E-state index < -0.39 is 0 Å². The van der Waals surface area contributed by atoms with E-state index in [1.54, 1.807) is 0 Å². The van der Waals surface area contributed by atoms with Crippen LogP contribution in [-0.2, 0) is 12.8 Å². The molecule has 1 aliphatic carbocycles. The fraction of sp³-hybridized carbons (Fsp3) is 0.169. The molecule has 0 amide bonds. The molecular formula is C65H72N2. The third kappa shape index (κ3) is 14.8. The van der Waals surface area contributed by atoms with Crippen LogP contribution >= 0.6 is 0 Å². The minimum absolute atomic E-state index is 0.770. The average Bonchev–Trinajstić information content (AvgIpc) is 3.47. The molecule has 67 heavy (non-hydrogen) atoms. The Hall–Kier alpha value is -7.42. The standard InChI is InChI=1S/C50H46N2.C7H8.C4H8.C2H6.C2H4/c1-5-7-20-38-32-36(3)33-43(34-38)52-48(44(6-2)46-28-12-9-13-30-49(46)52)31-18-24-40-23-17-29-47(45-27-15-14-19-37(45)4)50(40)51-42-26-16-25-41(35-42)39-21-10-8-11-22-39;1-7-5-3-2-4-6-7;1-3-4-2;2*1-2/h5,7-8,10-23,25-35,51H,1,6,9,24H2,2-4H3;2-6H,1H3;3-4H,1-2H3;1-2H3;1-2H2/b20-7+,31-18-;;4-3-;;. The number of allylic oxidation sites excluding steroid dienone is 7. The van der Waals surface area contributed by atoms with Crippen LogP contribution in [0.2, 0.25) is 0 Å². The summed E-state index contributed by atoms with van der Waals surface area (Å²) in [5.41, 5.74) is 19.6. The van der Waals surface area contributed by atoms with Crippen LogP contribution in [0, 0.1) is 20.8 Å². The molecule has 342 valence electrons. The van der Waals surface area contributed by atoms with E-state index in [1.165, 1.54) is 78.3 Å². The fourth-order valence-corrected chi connectivity index (χ4v) is 7.89. The van der Waals surface area contributed by atoms with Crippen LogP contribution in [0.4, 0.5) is 11.4 Å². The number of rotatable bonds is 11. The van der Waals surface area contributed by atoms with E-state index in [1.807, 2.05) is 70.2 Å². The first-order valence-corrected chi connectivity index (χ1v) is 23.7. The van der Waals surface area contributed by atoms with Gasteiger partial charge in [0.1, 0.15) is 0 Å². The Labute approximate surface area is 404 Å². The molecule has 0 saturated carbocycles. The minimum atomic E-state index is 0.770. The molecule has 8 rings (SSSR count). The van der Waals surface area contributed by atoms with Crippen molar-refractivity contribution in [1.29, 1.82) is 0 Å². The predicted molar refractivity (Wildman–Crippen MR) is 301 cm³/mol. The van der Waals surface area contributed by atoms with Gasteiger partial charge in [0.15, 0.2) is 0 Å². The molecule has 0 atom stereocenters. The third-order valence-corrected chi connectivity index (χ3v) is 11.1. The molecule has 0 radical (unpaired) electrons. The van der Waals surface area contributed by atoms with Gasteiger partial charge in [0.2, 0.25) is 0 Å². The van der Waals surface area contributed by atoms with Crippen LogP contribution in [-0.4, -0.2) is 4.57 Å². The van der Waals surface area contributed by atoms with Gasteiger partial charge in [0.25, 0.3) is 0 Å². The van der Waals surface area contributed by atoms with Gasteiger partial charge in [0.05, 0.1) is 5.69 Å². The summed E-state index contributed by atoms with van der Waals surface area (Å²) in [5.74, 6) is 0. The number of nitrogens with one attached hydrogen (secondary N) is 1. The Bertz CT molecular complexity index is 2750. The molecule has 0 fully saturated rings. The fourth-order valence-electron chi connectivity index (χ4n) is 7.89.